The van der Waals surface area contributed by atoms with Crippen molar-refractivity contribution in [3.63, 3.8) is 0 Å². The first-order valence-electron chi connectivity index (χ1n) is 3.57. The van der Waals surface area contributed by atoms with Crippen LogP contribution in [0.2, 0.25) is 0 Å². The van der Waals surface area contributed by atoms with Crippen molar-refractivity contribution in [2.75, 3.05) is 14.1 Å². The Morgan fingerprint density at radius 3 is 2.64 bits per heavy atom. The summed E-state index contributed by atoms with van der Waals surface area (Å²) in [4.78, 5) is 0. The van der Waals surface area contributed by atoms with Crippen LogP contribution in [0.4, 0.5) is 0 Å². The summed E-state index contributed by atoms with van der Waals surface area (Å²) >= 11 is 1.67. The van der Waals surface area contributed by atoms with Crippen molar-refractivity contribution in [3.8, 4) is 0 Å². The average molecular weight is 212 g/mol. The predicted molar refractivity (Wildman–Crippen MR) is 51.5 cm³/mol. The van der Waals surface area contributed by atoms with Gasteiger partial charge in [0.25, 0.3) is 0 Å². The minimum atomic E-state index is 0.974. The fourth-order valence-electron chi connectivity index (χ4n) is 0.882. The Labute approximate surface area is 76.2 Å². The number of hydrogen-bond acceptors (Lipinski definition) is 2. The third-order valence-electron chi connectivity index (χ3n) is 1.34. The van der Waals surface area contributed by atoms with E-state index in [9.17, 15) is 0 Å². The average Bonchev–Trinajstić information content (AvgIpc) is 1.93. The third kappa shape index (κ3) is 2.94. The van der Waals surface area contributed by atoms with Crippen LogP contribution in [0.15, 0.2) is 27.7 Å². The van der Waals surface area contributed by atoms with Crippen LogP contribution in [0.1, 0.15) is 6.42 Å². The summed E-state index contributed by atoms with van der Waals surface area (Å²) in [5, 5.41) is 6.13. The summed E-state index contributed by atoms with van der Waals surface area (Å²) in [6, 6.07) is 0. The van der Waals surface area contributed by atoms with Gasteiger partial charge in [0, 0.05) is 0 Å². The SMILES string of the molecule is CN(C)N=C1C=CC([AsH2])=CC1. The Hall–Kier alpha value is -0.492. The standard InChI is InChI=1S/C8H13AsN2/c1-11(2)10-8-5-3-7(9)4-6-8/h3-5H,6,9H2,1-2H3. The second-order valence-corrected chi connectivity index (χ2v) is 4.08. The first-order valence-corrected chi connectivity index (χ1v) is 4.78. The molecule has 0 heterocycles. The summed E-state index contributed by atoms with van der Waals surface area (Å²) in [6.07, 6.45) is 7.38. The molecule has 0 saturated heterocycles. The molecule has 0 spiro atoms. The molecule has 60 valence electrons. The first kappa shape index (κ1) is 8.60. The molecule has 1 aliphatic rings. The van der Waals surface area contributed by atoms with E-state index in [2.05, 4.69) is 23.3 Å². The normalized spacial score (nSPS) is 20.3. The van der Waals surface area contributed by atoms with Crippen molar-refractivity contribution in [2.45, 2.75) is 6.42 Å². The van der Waals surface area contributed by atoms with Gasteiger partial charge in [-0.05, 0) is 0 Å². The molecule has 0 aromatic rings. The maximum absolute atomic E-state index is 4.30. The molecule has 1 unspecified atom stereocenters. The Balaban J connectivity index is 2.62. The summed E-state index contributed by atoms with van der Waals surface area (Å²) < 4.78 is 1.38. The van der Waals surface area contributed by atoms with Crippen LogP contribution in [0.3, 0.4) is 0 Å². The number of hydrogen-bond donors (Lipinski definition) is 0. The summed E-state index contributed by atoms with van der Waals surface area (Å²) in [6.45, 7) is 0. The number of nitrogens with zero attached hydrogens (tertiary/aromatic N) is 2. The molecule has 1 aliphatic carbocycles. The number of hydrazone groups is 1. The zero-order chi connectivity index (χ0) is 8.27. The van der Waals surface area contributed by atoms with Gasteiger partial charge < -0.3 is 0 Å². The van der Waals surface area contributed by atoms with Gasteiger partial charge >= 0.3 is 75.8 Å². The van der Waals surface area contributed by atoms with E-state index in [0.29, 0.717) is 0 Å². The molecular formula is C8H13AsN2. The van der Waals surface area contributed by atoms with Gasteiger partial charge in [-0.2, -0.15) is 0 Å². The Morgan fingerprint density at radius 2 is 2.18 bits per heavy atom. The van der Waals surface area contributed by atoms with E-state index in [1.165, 1.54) is 4.36 Å². The van der Waals surface area contributed by atoms with E-state index in [1.807, 2.05) is 19.1 Å². The van der Waals surface area contributed by atoms with Crippen LogP contribution >= 0.6 is 0 Å². The molecule has 1 atom stereocenters. The monoisotopic (exact) mass is 212 g/mol. The van der Waals surface area contributed by atoms with E-state index in [0.717, 1.165) is 12.1 Å². The Kier molecular flexibility index (Phi) is 2.95. The van der Waals surface area contributed by atoms with Crippen LogP contribution in [0.5, 0.6) is 0 Å². The van der Waals surface area contributed by atoms with Crippen LogP contribution in [-0.2, 0) is 0 Å². The number of allylic oxidation sites excluding steroid dienone is 4. The van der Waals surface area contributed by atoms with Crippen LogP contribution in [-0.4, -0.2) is 41.7 Å². The van der Waals surface area contributed by atoms with Crippen molar-refractivity contribution in [2.24, 2.45) is 5.10 Å². The Bertz CT molecular complexity index is 226. The van der Waals surface area contributed by atoms with Gasteiger partial charge in [-0.15, -0.1) is 0 Å². The molecule has 2 nitrogen and oxygen atoms in total. The van der Waals surface area contributed by atoms with Crippen molar-refractivity contribution in [3.05, 3.63) is 22.6 Å². The van der Waals surface area contributed by atoms with E-state index in [1.54, 1.807) is 16.9 Å². The van der Waals surface area contributed by atoms with E-state index in [4.69, 9.17) is 0 Å². The van der Waals surface area contributed by atoms with Gasteiger partial charge in [0.2, 0.25) is 0 Å². The molecule has 0 aromatic carbocycles. The first-order chi connectivity index (χ1) is 5.18. The second-order valence-electron chi connectivity index (χ2n) is 2.68. The van der Waals surface area contributed by atoms with E-state index in [-0.39, 0.29) is 0 Å². The van der Waals surface area contributed by atoms with Crippen molar-refractivity contribution < 1.29 is 0 Å². The number of rotatable bonds is 1. The summed E-state index contributed by atoms with van der Waals surface area (Å²) in [5.74, 6) is 0. The molecule has 0 amide bonds. The molecular weight excluding hydrogens is 199 g/mol. The fraction of sp³-hybridized carbons (Fsp3) is 0.375. The van der Waals surface area contributed by atoms with Gasteiger partial charge in [-0.1, -0.05) is 0 Å². The van der Waals surface area contributed by atoms with E-state index >= 15 is 0 Å². The van der Waals surface area contributed by atoms with Crippen molar-refractivity contribution >= 4 is 22.6 Å². The van der Waals surface area contributed by atoms with Gasteiger partial charge in [0.1, 0.15) is 0 Å². The Morgan fingerprint density at radius 1 is 1.45 bits per heavy atom. The molecule has 0 bridgehead atoms. The molecule has 0 saturated carbocycles. The molecule has 0 fully saturated rings. The zero-order valence-corrected chi connectivity index (χ0v) is 9.33. The second kappa shape index (κ2) is 3.77. The minimum absolute atomic E-state index is 0.974. The topological polar surface area (TPSA) is 15.6 Å². The predicted octanol–water partition coefficient (Wildman–Crippen LogP) is 0.381. The zero-order valence-electron chi connectivity index (χ0n) is 6.91. The van der Waals surface area contributed by atoms with Gasteiger partial charge in [0.05, 0.1) is 0 Å². The molecule has 1 rings (SSSR count). The molecule has 11 heavy (non-hydrogen) atoms. The van der Waals surface area contributed by atoms with Crippen molar-refractivity contribution in [1.82, 2.24) is 5.01 Å². The maximum atomic E-state index is 4.30. The summed E-state index contributed by atoms with van der Waals surface area (Å²) in [5.41, 5.74) is 1.14. The van der Waals surface area contributed by atoms with E-state index < -0.39 is 0 Å². The van der Waals surface area contributed by atoms with Crippen molar-refractivity contribution in [1.29, 1.82) is 0 Å². The van der Waals surface area contributed by atoms with Crippen LogP contribution < -0.4 is 0 Å². The molecule has 0 radical (unpaired) electrons. The van der Waals surface area contributed by atoms with Gasteiger partial charge in [0.15, 0.2) is 0 Å². The molecule has 0 aliphatic heterocycles. The van der Waals surface area contributed by atoms with Gasteiger partial charge in [-0.25, -0.2) is 0 Å². The van der Waals surface area contributed by atoms with Gasteiger partial charge in [-0.3, -0.25) is 0 Å². The molecule has 0 N–H and O–H groups in total. The summed E-state index contributed by atoms with van der Waals surface area (Å²) in [7, 11) is 3.88. The quantitative estimate of drug-likeness (QED) is 0.453. The van der Waals surface area contributed by atoms with Crippen LogP contribution in [0.25, 0.3) is 0 Å². The fourth-order valence-corrected chi connectivity index (χ4v) is 1.33. The third-order valence-corrected chi connectivity index (χ3v) is 2.24. The van der Waals surface area contributed by atoms with Crippen LogP contribution in [0, 0.1) is 0 Å². The molecule has 3 heteroatoms. The molecule has 0 aromatic heterocycles.